The summed E-state index contributed by atoms with van der Waals surface area (Å²) in [7, 11) is 0. The lowest BCUT2D eigenvalue weighted by molar-refractivity contribution is -0.142. The van der Waals surface area contributed by atoms with Gasteiger partial charge >= 0.3 is 5.97 Å². The van der Waals surface area contributed by atoms with E-state index in [1.54, 1.807) is 27.9 Å². The van der Waals surface area contributed by atoms with Gasteiger partial charge in [0, 0.05) is 30.1 Å². The number of amides is 1. The second-order valence-electron chi connectivity index (χ2n) is 9.71. The van der Waals surface area contributed by atoms with E-state index < -0.39 is 11.9 Å². The highest BCUT2D eigenvalue weighted by molar-refractivity contribution is 6.36. The van der Waals surface area contributed by atoms with Gasteiger partial charge in [0.05, 0.1) is 41.3 Å². The van der Waals surface area contributed by atoms with Gasteiger partial charge in [-0.2, -0.15) is 5.10 Å². The second-order valence-corrected chi connectivity index (χ2v) is 10.1. The van der Waals surface area contributed by atoms with Crippen molar-refractivity contribution in [1.29, 1.82) is 0 Å². The molecule has 1 aliphatic heterocycles. The predicted molar refractivity (Wildman–Crippen MR) is 133 cm³/mol. The highest BCUT2D eigenvalue weighted by Gasteiger charge is 2.38. The number of hydrogen-bond donors (Lipinski definition) is 2. The Bertz CT molecular complexity index is 1290. The van der Waals surface area contributed by atoms with E-state index in [-0.39, 0.29) is 30.8 Å². The summed E-state index contributed by atoms with van der Waals surface area (Å²) in [4.78, 5) is 26.1. The molecule has 1 amide bonds. The first-order valence-electron chi connectivity index (χ1n) is 12.1. The normalized spacial score (nSPS) is 21.6. The number of carbonyl (C=O) groups excluding carboxylic acids is 1. The number of halogens is 3. The molecule has 7 nitrogen and oxygen atoms in total. The van der Waals surface area contributed by atoms with Crippen LogP contribution < -0.4 is 10.2 Å². The average molecular weight is 517 g/mol. The van der Waals surface area contributed by atoms with Crippen LogP contribution in [0.15, 0.2) is 42.6 Å². The quantitative estimate of drug-likeness (QED) is 0.484. The Hall–Kier alpha value is -3.20. The molecule has 1 saturated heterocycles. The number of fused-ring (bicyclic) bond motifs is 1. The first kappa shape index (κ1) is 24.5. The van der Waals surface area contributed by atoms with Gasteiger partial charge in [0.15, 0.2) is 0 Å². The first-order valence-corrected chi connectivity index (χ1v) is 12.5. The van der Waals surface area contributed by atoms with Gasteiger partial charge in [-0.15, -0.1) is 0 Å². The Morgan fingerprint density at radius 2 is 1.83 bits per heavy atom. The predicted octanol–water partition coefficient (Wildman–Crippen LogP) is 4.96. The van der Waals surface area contributed by atoms with Crippen molar-refractivity contribution in [2.45, 2.75) is 50.6 Å². The lowest BCUT2D eigenvalue weighted by atomic mass is 9.86. The minimum atomic E-state index is -2.65. The standard InChI is InChI=1S/C26H27ClF2N4O3/c27-22-10-9-20(24(34)31-18-5-3-17(4-6-18)25(35)36)23-21(22)13-30-33(23)14-16-1-7-19(8-2-16)32-12-11-26(28,29)15-32/h1-2,7-10,13,17-18H,3-6,11-12,14-15H2,(H,31,34)(H,35,36). The molecule has 36 heavy (non-hydrogen) atoms. The van der Waals surface area contributed by atoms with E-state index in [1.807, 2.05) is 24.3 Å². The number of anilines is 1. The Labute approximate surface area is 212 Å². The summed E-state index contributed by atoms with van der Waals surface area (Å²) in [6.45, 7) is 0.431. The van der Waals surface area contributed by atoms with E-state index in [0.717, 1.165) is 11.3 Å². The summed E-state index contributed by atoms with van der Waals surface area (Å²) in [6.07, 6.45) is 3.81. The number of aliphatic carboxylic acids is 1. The Morgan fingerprint density at radius 1 is 1.11 bits per heavy atom. The molecular formula is C26H27ClF2N4O3. The van der Waals surface area contributed by atoms with Gasteiger partial charge in [-0.1, -0.05) is 23.7 Å². The van der Waals surface area contributed by atoms with Crippen LogP contribution in [0.3, 0.4) is 0 Å². The Kier molecular flexibility index (Phi) is 6.59. The number of benzene rings is 2. The zero-order chi connectivity index (χ0) is 25.4. The van der Waals surface area contributed by atoms with Gasteiger partial charge in [-0.05, 0) is 55.5 Å². The van der Waals surface area contributed by atoms with Gasteiger partial charge in [-0.3, -0.25) is 14.3 Å². The first-order chi connectivity index (χ1) is 17.2. The van der Waals surface area contributed by atoms with Crippen LogP contribution in [0, 0.1) is 5.92 Å². The average Bonchev–Trinajstić information content (AvgIpc) is 3.44. The monoisotopic (exact) mass is 516 g/mol. The highest BCUT2D eigenvalue weighted by atomic mass is 35.5. The van der Waals surface area contributed by atoms with E-state index in [9.17, 15) is 23.5 Å². The molecule has 1 aliphatic carbocycles. The summed E-state index contributed by atoms with van der Waals surface area (Å²) < 4.78 is 28.9. The number of aromatic nitrogens is 2. The topological polar surface area (TPSA) is 87.5 Å². The lowest BCUT2D eigenvalue weighted by Gasteiger charge is -2.27. The zero-order valence-electron chi connectivity index (χ0n) is 19.6. The third-order valence-electron chi connectivity index (χ3n) is 7.21. The Balaban J connectivity index is 1.34. The molecule has 2 N–H and O–H groups in total. The minimum absolute atomic E-state index is 0.0827. The van der Waals surface area contributed by atoms with Gasteiger partial charge in [0.25, 0.3) is 11.8 Å². The largest absolute Gasteiger partial charge is 0.481 e. The van der Waals surface area contributed by atoms with Crippen molar-refractivity contribution in [2.24, 2.45) is 5.92 Å². The minimum Gasteiger partial charge on any atom is -0.481 e. The fourth-order valence-corrected chi connectivity index (χ4v) is 5.36. The molecule has 1 aromatic heterocycles. The molecule has 2 heterocycles. The highest BCUT2D eigenvalue weighted by Crippen LogP contribution is 2.32. The number of carboxylic acid groups (broad SMARTS) is 1. The molecule has 2 aromatic carbocycles. The van der Waals surface area contributed by atoms with Crippen LogP contribution in [-0.4, -0.2) is 51.8 Å². The van der Waals surface area contributed by atoms with Crippen LogP contribution in [0.4, 0.5) is 14.5 Å². The zero-order valence-corrected chi connectivity index (χ0v) is 20.3. The van der Waals surface area contributed by atoms with Crippen LogP contribution in [-0.2, 0) is 11.3 Å². The molecule has 10 heteroatoms. The number of hydrogen-bond acceptors (Lipinski definition) is 4. The fourth-order valence-electron chi connectivity index (χ4n) is 5.16. The molecule has 0 spiro atoms. The molecule has 0 radical (unpaired) electrons. The summed E-state index contributed by atoms with van der Waals surface area (Å²) in [5.41, 5.74) is 2.72. The van der Waals surface area contributed by atoms with Crippen molar-refractivity contribution < 1.29 is 23.5 Å². The molecular weight excluding hydrogens is 490 g/mol. The fraction of sp³-hybridized carbons (Fsp3) is 0.423. The number of nitrogens with zero attached hydrogens (tertiary/aromatic N) is 3. The van der Waals surface area contributed by atoms with Crippen molar-refractivity contribution in [3.8, 4) is 0 Å². The van der Waals surface area contributed by atoms with E-state index in [4.69, 9.17) is 11.6 Å². The van der Waals surface area contributed by atoms with Crippen molar-refractivity contribution in [2.75, 3.05) is 18.0 Å². The van der Waals surface area contributed by atoms with Gasteiger partial charge in [0.1, 0.15) is 0 Å². The molecule has 1 saturated carbocycles. The molecule has 2 fully saturated rings. The molecule has 2 aliphatic rings. The maximum absolute atomic E-state index is 13.6. The van der Waals surface area contributed by atoms with Crippen LogP contribution in [0.5, 0.6) is 0 Å². The summed E-state index contributed by atoms with van der Waals surface area (Å²) in [5, 5.41) is 17.9. The van der Waals surface area contributed by atoms with E-state index in [1.165, 1.54) is 0 Å². The lowest BCUT2D eigenvalue weighted by Crippen LogP contribution is -2.38. The summed E-state index contributed by atoms with van der Waals surface area (Å²) >= 11 is 6.40. The van der Waals surface area contributed by atoms with E-state index >= 15 is 0 Å². The van der Waals surface area contributed by atoms with Crippen molar-refractivity contribution in [1.82, 2.24) is 15.1 Å². The molecule has 3 aromatic rings. The molecule has 5 rings (SSSR count). The number of nitrogens with one attached hydrogen (secondary N) is 1. The molecule has 190 valence electrons. The maximum Gasteiger partial charge on any atom is 0.306 e. The van der Waals surface area contributed by atoms with Gasteiger partial charge < -0.3 is 15.3 Å². The summed E-state index contributed by atoms with van der Waals surface area (Å²) in [5.74, 6) is -4.04. The second kappa shape index (κ2) is 9.69. The van der Waals surface area contributed by atoms with Crippen LogP contribution in [0.2, 0.25) is 5.02 Å². The van der Waals surface area contributed by atoms with Crippen LogP contribution in [0.1, 0.15) is 48.0 Å². The molecule has 0 unspecified atom stereocenters. The van der Waals surface area contributed by atoms with Crippen LogP contribution >= 0.6 is 11.6 Å². The van der Waals surface area contributed by atoms with Crippen LogP contribution in [0.25, 0.3) is 10.9 Å². The third-order valence-corrected chi connectivity index (χ3v) is 7.54. The SMILES string of the molecule is O=C(NC1CCC(C(=O)O)CC1)c1ccc(Cl)c2cnn(Cc3ccc(N4CCC(F)(F)C4)cc3)c12. The number of rotatable bonds is 6. The van der Waals surface area contributed by atoms with Gasteiger partial charge in [0.2, 0.25) is 0 Å². The molecule has 0 bridgehead atoms. The van der Waals surface area contributed by atoms with Crippen molar-refractivity contribution in [3.63, 3.8) is 0 Å². The van der Waals surface area contributed by atoms with Crippen molar-refractivity contribution >= 4 is 40.1 Å². The molecule has 0 atom stereocenters. The Morgan fingerprint density at radius 3 is 2.47 bits per heavy atom. The smallest absolute Gasteiger partial charge is 0.306 e. The number of carboxylic acids is 1. The van der Waals surface area contributed by atoms with Gasteiger partial charge in [-0.25, -0.2) is 8.78 Å². The number of alkyl halides is 2. The van der Waals surface area contributed by atoms with E-state index in [2.05, 4.69) is 10.4 Å². The van der Waals surface area contributed by atoms with E-state index in [0.29, 0.717) is 60.3 Å². The van der Waals surface area contributed by atoms with Crippen molar-refractivity contribution in [3.05, 3.63) is 58.7 Å². The summed E-state index contributed by atoms with van der Waals surface area (Å²) in [6, 6.07) is 10.7. The number of carbonyl (C=O) groups is 2. The maximum atomic E-state index is 13.6. The third kappa shape index (κ3) is 5.02.